The summed E-state index contributed by atoms with van der Waals surface area (Å²) in [6.45, 7) is 5.55. The molecule has 1 fully saturated rings. The predicted octanol–water partition coefficient (Wildman–Crippen LogP) is 5.65. The fourth-order valence-corrected chi connectivity index (χ4v) is 4.96. The summed E-state index contributed by atoms with van der Waals surface area (Å²) in [6.07, 6.45) is 9.45. The van der Waals surface area contributed by atoms with Gasteiger partial charge in [-0.3, -0.25) is 9.36 Å². The molecule has 11 heteroatoms. The van der Waals surface area contributed by atoms with E-state index in [1.807, 2.05) is 6.92 Å². The molecule has 37 heavy (non-hydrogen) atoms. The Hall–Kier alpha value is -2.79. The van der Waals surface area contributed by atoms with Crippen molar-refractivity contribution in [3.8, 4) is 11.3 Å². The third kappa shape index (κ3) is 7.16. The topological polar surface area (TPSA) is 102 Å². The first-order valence-electron chi connectivity index (χ1n) is 12.7. The van der Waals surface area contributed by atoms with Gasteiger partial charge in [-0.2, -0.15) is 4.98 Å². The Balaban J connectivity index is 0.000000356. The van der Waals surface area contributed by atoms with E-state index in [0.717, 1.165) is 24.6 Å². The van der Waals surface area contributed by atoms with Gasteiger partial charge < -0.3 is 15.4 Å². The molecule has 2 heterocycles. The highest BCUT2D eigenvalue weighted by atomic mass is 32.2. The van der Waals surface area contributed by atoms with Gasteiger partial charge in [-0.1, -0.05) is 38.1 Å². The molecule has 3 N–H and O–H groups in total. The van der Waals surface area contributed by atoms with Crippen molar-refractivity contribution in [2.45, 2.75) is 71.4 Å². The van der Waals surface area contributed by atoms with Crippen molar-refractivity contribution in [1.29, 1.82) is 0 Å². The quantitative estimate of drug-likeness (QED) is 0.297. The number of anilines is 2. The summed E-state index contributed by atoms with van der Waals surface area (Å²) < 4.78 is 33.0. The van der Waals surface area contributed by atoms with E-state index >= 15 is 0 Å². The number of hydrogen-bond donors (Lipinski definition) is 2. The van der Waals surface area contributed by atoms with Gasteiger partial charge in [0.05, 0.1) is 6.20 Å². The summed E-state index contributed by atoms with van der Waals surface area (Å²) >= 11 is 1.21. The van der Waals surface area contributed by atoms with Crippen LogP contribution >= 0.6 is 11.9 Å². The SMILES string of the molecule is CCCSNc1c(F)cc(-c2nc3cnc(N)nc3n(C(C)C)c2=O)cc1F.CN(C)C1CCCCC1. The summed E-state index contributed by atoms with van der Waals surface area (Å²) in [5, 5.41) is 0. The Labute approximate surface area is 221 Å². The zero-order valence-electron chi connectivity index (χ0n) is 22.2. The second-order valence-corrected chi connectivity index (χ2v) is 10.6. The molecule has 0 saturated heterocycles. The molecule has 1 aromatic carbocycles. The van der Waals surface area contributed by atoms with Crippen LogP contribution in [0.1, 0.15) is 65.3 Å². The Morgan fingerprint density at radius 2 is 1.81 bits per heavy atom. The number of nitrogens with two attached hydrogens (primary N) is 1. The van der Waals surface area contributed by atoms with E-state index in [-0.39, 0.29) is 34.6 Å². The highest BCUT2D eigenvalue weighted by Crippen LogP contribution is 2.28. The maximum atomic E-state index is 14.5. The van der Waals surface area contributed by atoms with Crippen LogP contribution in [0.25, 0.3) is 22.4 Å². The monoisotopic (exact) mass is 533 g/mol. The highest BCUT2D eigenvalue weighted by Gasteiger charge is 2.20. The van der Waals surface area contributed by atoms with Crippen LogP contribution < -0.4 is 16.0 Å². The number of benzene rings is 1. The standard InChI is InChI=1S/C18H20F2N6OS.C8H17N/c1-4-5-28-25-15-11(19)6-10(7-12(15)20)14-17(27)26(9(2)3)16-13(23-14)8-22-18(21)24-16;1-9(2)8-6-4-3-5-7-8/h6-9,25H,4-5H2,1-3H3,(H2,21,22,24);8H,3-7H2,1-2H3. The molecule has 0 atom stereocenters. The van der Waals surface area contributed by atoms with Gasteiger partial charge in [0.25, 0.3) is 5.56 Å². The largest absolute Gasteiger partial charge is 0.368 e. The van der Waals surface area contributed by atoms with Gasteiger partial charge in [-0.25, -0.2) is 18.7 Å². The van der Waals surface area contributed by atoms with E-state index in [0.29, 0.717) is 11.3 Å². The van der Waals surface area contributed by atoms with Crippen molar-refractivity contribution in [3.05, 3.63) is 40.3 Å². The minimum Gasteiger partial charge on any atom is -0.368 e. The average Bonchev–Trinajstić information content (AvgIpc) is 2.86. The first-order valence-corrected chi connectivity index (χ1v) is 13.7. The van der Waals surface area contributed by atoms with Gasteiger partial charge in [-0.05, 0) is 59.3 Å². The number of nitrogens with one attached hydrogen (secondary N) is 1. The number of halogens is 2. The number of nitrogens with zero attached hydrogens (tertiary/aromatic N) is 5. The van der Waals surface area contributed by atoms with Crippen LogP contribution in [0.3, 0.4) is 0 Å². The Morgan fingerprint density at radius 1 is 1.16 bits per heavy atom. The average molecular weight is 534 g/mol. The molecule has 1 saturated carbocycles. The lowest BCUT2D eigenvalue weighted by Crippen LogP contribution is -2.29. The molecule has 0 radical (unpaired) electrons. The minimum atomic E-state index is -0.801. The molecule has 0 amide bonds. The summed E-state index contributed by atoms with van der Waals surface area (Å²) in [5.74, 6) is -0.892. The maximum absolute atomic E-state index is 14.5. The van der Waals surface area contributed by atoms with Crippen molar-refractivity contribution in [3.63, 3.8) is 0 Å². The molecule has 0 unspecified atom stereocenters. The van der Waals surface area contributed by atoms with E-state index < -0.39 is 17.2 Å². The van der Waals surface area contributed by atoms with Gasteiger partial charge in [0.1, 0.15) is 16.9 Å². The third-order valence-electron chi connectivity index (χ3n) is 6.27. The molecule has 0 aliphatic heterocycles. The highest BCUT2D eigenvalue weighted by molar-refractivity contribution is 8.00. The van der Waals surface area contributed by atoms with Crippen LogP contribution in [0.4, 0.5) is 20.4 Å². The first-order chi connectivity index (χ1) is 17.6. The molecule has 8 nitrogen and oxygen atoms in total. The van der Waals surface area contributed by atoms with E-state index in [4.69, 9.17) is 5.73 Å². The number of nitrogen functional groups attached to an aromatic ring is 1. The second-order valence-electron chi connectivity index (χ2n) is 9.69. The van der Waals surface area contributed by atoms with Crippen molar-refractivity contribution >= 4 is 34.7 Å². The Kier molecular flexibility index (Phi) is 10.2. The molecule has 4 rings (SSSR count). The normalized spacial score (nSPS) is 14.2. The van der Waals surface area contributed by atoms with Crippen LogP contribution in [0, 0.1) is 11.6 Å². The fraction of sp³-hybridized carbons (Fsp3) is 0.538. The third-order valence-corrected chi connectivity index (χ3v) is 7.23. The van der Waals surface area contributed by atoms with Gasteiger partial charge in [0.15, 0.2) is 17.3 Å². The van der Waals surface area contributed by atoms with Gasteiger partial charge in [-0.15, -0.1) is 0 Å². The van der Waals surface area contributed by atoms with E-state index in [1.165, 1.54) is 54.8 Å². The van der Waals surface area contributed by atoms with E-state index in [2.05, 4.69) is 38.7 Å². The Morgan fingerprint density at radius 3 is 2.35 bits per heavy atom. The molecule has 2 aromatic heterocycles. The lowest BCUT2D eigenvalue weighted by Gasteiger charge is -2.27. The lowest BCUT2D eigenvalue weighted by atomic mass is 9.95. The van der Waals surface area contributed by atoms with Crippen LogP contribution in [0.5, 0.6) is 0 Å². The predicted molar refractivity (Wildman–Crippen MR) is 149 cm³/mol. The molecule has 202 valence electrons. The van der Waals surface area contributed by atoms with Crippen molar-refractivity contribution in [2.75, 3.05) is 30.3 Å². The number of rotatable bonds is 7. The van der Waals surface area contributed by atoms with E-state index in [1.54, 1.807) is 13.8 Å². The molecular formula is C26H37F2N7OS. The van der Waals surface area contributed by atoms with Crippen LogP contribution in [0.15, 0.2) is 23.1 Å². The summed E-state index contributed by atoms with van der Waals surface area (Å²) in [7, 11) is 4.38. The number of hydrogen-bond acceptors (Lipinski definition) is 8. The number of aromatic nitrogens is 4. The molecular weight excluding hydrogens is 496 g/mol. The smallest absolute Gasteiger partial charge is 0.278 e. The van der Waals surface area contributed by atoms with Gasteiger partial charge in [0, 0.05) is 23.4 Å². The lowest BCUT2D eigenvalue weighted by molar-refractivity contribution is 0.229. The van der Waals surface area contributed by atoms with Crippen LogP contribution in [-0.2, 0) is 0 Å². The molecule has 1 aliphatic rings. The fourth-order valence-electron chi connectivity index (χ4n) is 4.31. The van der Waals surface area contributed by atoms with Crippen LogP contribution in [0.2, 0.25) is 0 Å². The van der Waals surface area contributed by atoms with Crippen molar-refractivity contribution in [2.24, 2.45) is 0 Å². The van der Waals surface area contributed by atoms with Crippen LogP contribution in [-0.4, -0.2) is 50.3 Å². The van der Waals surface area contributed by atoms with Gasteiger partial charge in [0.2, 0.25) is 5.95 Å². The minimum absolute atomic E-state index is 0.00736. The molecule has 1 aliphatic carbocycles. The number of fused-ring (bicyclic) bond motifs is 1. The Bertz CT molecular complexity index is 1240. The van der Waals surface area contributed by atoms with Crippen molar-refractivity contribution in [1.82, 2.24) is 24.4 Å². The summed E-state index contributed by atoms with van der Waals surface area (Å²) in [6, 6.07) is 2.80. The van der Waals surface area contributed by atoms with Crippen molar-refractivity contribution < 1.29 is 8.78 Å². The molecule has 3 aromatic rings. The zero-order valence-corrected chi connectivity index (χ0v) is 23.0. The summed E-state index contributed by atoms with van der Waals surface area (Å²) in [5.41, 5.74) is 5.40. The van der Waals surface area contributed by atoms with Gasteiger partial charge >= 0.3 is 0 Å². The van der Waals surface area contributed by atoms with E-state index in [9.17, 15) is 13.6 Å². The maximum Gasteiger partial charge on any atom is 0.278 e. The second kappa shape index (κ2) is 13.1. The summed E-state index contributed by atoms with van der Waals surface area (Å²) in [4.78, 5) is 27.6. The molecule has 0 bridgehead atoms. The first kappa shape index (κ1) is 28.8. The molecule has 0 spiro atoms. The zero-order chi connectivity index (χ0) is 27.1.